The van der Waals surface area contributed by atoms with E-state index in [1.54, 1.807) is 55.6 Å². The van der Waals surface area contributed by atoms with Crippen LogP contribution in [0.2, 0.25) is 5.02 Å². The molecule has 0 saturated carbocycles. The Morgan fingerprint density at radius 1 is 0.938 bits per heavy atom. The number of ether oxygens (including phenoxy) is 3. The normalized spacial score (nSPS) is 10.3. The lowest BCUT2D eigenvalue weighted by molar-refractivity contribution is -0.134. The van der Waals surface area contributed by atoms with Crippen molar-refractivity contribution in [3.8, 4) is 17.2 Å². The molecule has 1 amide bonds. The Hall–Kier alpha value is -3.51. The molecule has 0 aliphatic carbocycles. The molecule has 166 valence electrons. The summed E-state index contributed by atoms with van der Waals surface area (Å²) in [7, 11) is 1.58. The zero-order valence-corrected chi connectivity index (χ0v) is 18.6. The van der Waals surface area contributed by atoms with Crippen LogP contribution in [0, 0.1) is 0 Å². The van der Waals surface area contributed by atoms with Crippen LogP contribution in [0.1, 0.15) is 29.3 Å². The lowest BCUT2D eigenvalue weighted by Crippen LogP contribution is -2.12. The van der Waals surface area contributed by atoms with E-state index in [2.05, 4.69) is 5.32 Å². The van der Waals surface area contributed by atoms with Crippen molar-refractivity contribution < 1.29 is 23.8 Å². The van der Waals surface area contributed by atoms with Gasteiger partial charge < -0.3 is 19.5 Å². The van der Waals surface area contributed by atoms with Gasteiger partial charge >= 0.3 is 5.97 Å². The molecule has 6 nitrogen and oxygen atoms in total. The number of carbonyl (C=O) groups is 2. The maximum atomic E-state index is 12.3. The van der Waals surface area contributed by atoms with Gasteiger partial charge in [0.1, 0.15) is 5.75 Å². The summed E-state index contributed by atoms with van der Waals surface area (Å²) < 4.78 is 16.2. The number of esters is 1. The Labute approximate surface area is 192 Å². The van der Waals surface area contributed by atoms with E-state index in [9.17, 15) is 9.59 Å². The molecule has 1 N–H and O–H groups in total. The van der Waals surface area contributed by atoms with E-state index in [4.69, 9.17) is 25.8 Å². The first-order valence-electron chi connectivity index (χ1n) is 10.2. The lowest BCUT2D eigenvalue weighted by atomic mass is 10.1. The molecular weight excluding hydrogens is 430 g/mol. The second-order valence-electron chi connectivity index (χ2n) is 6.88. The quantitative estimate of drug-likeness (QED) is 0.340. The first-order valence-corrected chi connectivity index (χ1v) is 10.5. The largest absolute Gasteiger partial charge is 0.493 e. The minimum Gasteiger partial charge on any atom is -0.493 e. The Morgan fingerprint density at radius 3 is 2.31 bits per heavy atom. The molecule has 3 aromatic rings. The fourth-order valence-corrected chi connectivity index (χ4v) is 3.11. The van der Waals surface area contributed by atoms with Gasteiger partial charge in [-0.15, -0.1) is 0 Å². The van der Waals surface area contributed by atoms with Crippen molar-refractivity contribution in [3.05, 3.63) is 82.9 Å². The maximum absolute atomic E-state index is 12.3. The van der Waals surface area contributed by atoms with E-state index >= 15 is 0 Å². The topological polar surface area (TPSA) is 73.9 Å². The molecule has 0 saturated heterocycles. The average molecular weight is 454 g/mol. The number of nitrogens with one attached hydrogen (secondary N) is 1. The van der Waals surface area contributed by atoms with Gasteiger partial charge in [0.05, 0.1) is 13.7 Å². The summed E-state index contributed by atoms with van der Waals surface area (Å²) in [5, 5.41) is 3.37. The summed E-state index contributed by atoms with van der Waals surface area (Å²) in [5.41, 5.74) is 2.03. The summed E-state index contributed by atoms with van der Waals surface area (Å²) in [6.07, 6.45) is 0.707. The van der Waals surface area contributed by atoms with E-state index < -0.39 is 0 Å². The van der Waals surface area contributed by atoms with Crippen LogP contribution in [-0.2, 0) is 11.2 Å². The minimum absolute atomic E-state index is 0.204. The first-order chi connectivity index (χ1) is 15.5. The van der Waals surface area contributed by atoms with Gasteiger partial charge in [-0.05, 0) is 79.6 Å². The molecule has 0 fully saturated rings. The fraction of sp³-hybridized carbons (Fsp3) is 0.200. The number of aryl methyl sites for hydroxylation is 1. The van der Waals surface area contributed by atoms with Crippen molar-refractivity contribution in [2.75, 3.05) is 19.0 Å². The van der Waals surface area contributed by atoms with Crippen LogP contribution >= 0.6 is 11.6 Å². The van der Waals surface area contributed by atoms with Gasteiger partial charge in [0.2, 0.25) is 0 Å². The molecule has 0 aromatic heterocycles. The van der Waals surface area contributed by atoms with Crippen LogP contribution in [0.25, 0.3) is 0 Å². The highest BCUT2D eigenvalue weighted by Gasteiger charge is 2.11. The molecule has 0 heterocycles. The van der Waals surface area contributed by atoms with Crippen molar-refractivity contribution in [1.29, 1.82) is 0 Å². The van der Waals surface area contributed by atoms with Crippen LogP contribution < -0.4 is 19.5 Å². The third-order valence-corrected chi connectivity index (χ3v) is 4.85. The summed E-state index contributed by atoms with van der Waals surface area (Å²) in [6.45, 7) is 2.45. The van der Waals surface area contributed by atoms with Crippen LogP contribution in [0.15, 0.2) is 66.7 Å². The molecule has 0 unspecified atom stereocenters. The zero-order valence-electron chi connectivity index (χ0n) is 17.9. The number of hydrogen-bond acceptors (Lipinski definition) is 5. The molecule has 0 atom stereocenters. The number of carbonyl (C=O) groups excluding carboxylic acids is 2. The summed E-state index contributed by atoms with van der Waals surface area (Å²) >= 11 is 5.85. The molecule has 0 spiro atoms. The van der Waals surface area contributed by atoms with Crippen molar-refractivity contribution in [1.82, 2.24) is 0 Å². The monoisotopic (exact) mass is 453 g/mol. The molecule has 0 bridgehead atoms. The summed E-state index contributed by atoms with van der Waals surface area (Å²) in [6, 6.07) is 18.8. The predicted molar refractivity (Wildman–Crippen MR) is 124 cm³/mol. The minimum atomic E-state index is -0.365. The van der Waals surface area contributed by atoms with E-state index in [1.807, 2.05) is 25.1 Å². The van der Waals surface area contributed by atoms with Gasteiger partial charge in [-0.2, -0.15) is 0 Å². The number of benzene rings is 3. The second-order valence-corrected chi connectivity index (χ2v) is 7.31. The average Bonchev–Trinajstić information content (AvgIpc) is 2.80. The molecule has 7 heteroatoms. The number of amides is 1. The number of rotatable bonds is 9. The van der Waals surface area contributed by atoms with E-state index in [-0.39, 0.29) is 18.3 Å². The van der Waals surface area contributed by atoms with Crippen LogP contribution in [0.4, 0.5) is 5.69 Å². The zero-order chi connectivity index (χ0) is 22.9. The molecule has 0 radical (unpaired) electrons. The third-order valence-electron chi connectivity index (χ3n) is 4.60. The lowest BCUT2D eigenvalue weighted by Gasteiger charge is -2.11. The molecular formula is C25H24ClNO5. The highest BCUT2D eigenvalue weighted by Crippen LogP contribution is 2.28. The number of hydrogen-bond donors (Lipinski definition) is 1. The number of methoxy groups -OCH3 is 1. The van der Waals surface area contributed by atoms with Gasteiger partial charge in [0.25, 0.3) is 5.91 Å². The summed E-state index contributed by atoms with van der Waals surface area (Å²) in [5.74, 6) is 1.04. The Morgan fingerprint density at radius 2 is 1.66 bits per heavy atom. The van der Waals surface area contributed by atoms with E-state index in [1.165, 1.54) is 0 Å². The smallest absolute Gasteiger partial charge is 0.311 e. The van der Waals surface area contributed by atoms with Gasteiger partial charge in [0, 0.05) is 22.7 Å². The number of anilines is 1. The molecule has 3 rings (SSSR count). The van der Waals surface area contributed by atoms with Crippen molar-refractivity contribution in [3.63, 3.8) is 0 Å². The van der Waals surface area contributed by atoms with Crippen molar-refractivity contribution >= 4 is 29.2 Å². The van der Waals surface area contributed by atoms with Crippen LogP contribution in [-0.4, -0.2) is 25.6 Å². The van der Waals surface area contributed by atoms with Gasteiger partial charge in [-0.25, -0.2) is 0 Å². The van der Waals surface area contributed by atoms with Crippen LogP contribution in [0.5, 0.6) is 17.2 Å². The predicted octanol–water partition coefficient (Wildman–Crippen LogP) is 5.54. The highest BCUT2D eigenvalue weighted by molar-refractivity contribution is 6.30. The summed E-state index contributed by atoms with van der Waals surface area (Å²) in [4.78, 5) is 24.6. The highest BCUT2D eigenvalue weighted by atomic mass is 35.5. The Bertz CT molecular complexity index is 1060. The molecule has 0 aliphatic rings. The maximum Gasteiger partial charge on any atom is 0.311 e. The van der Waals surface area contributed by atoms with Gasteiger partial charge in [-0.1, -0.05) is 17.7 Å². The molecule has 3 aromatic carbocycles. The fourth-order valence-electron chi connectivity index (χ4n) is 2.98. The second kappa shape index (κ2) is 11.2. The first kappa shape index (κ1) is 23.2. The third kappa shape index (κ3) is 6.49. The van der Waals surface area contributed by atoms with Gasteiger partial charge in [0.15, 0.2) is 11.5 Å². The Kier molecular flexibility index (Phi) is 8.11. The van der Waals surface area contributed by atoms with Crippen molar-refractivity contribution in [2.45, 2.75) is 19.8 Å². The number of halogens is 1. The van der Waals surface area contributed by atoms with E-state index in [0.29, 0.717) is 46.5 Å². The van der Waals surface area contributed by atoms with Crippen molar-refractivity contribution in [2.24, 2.45) is 0 Å². The van der Waals surface area contributed by atoms with Gasteiger partial charge in [-0.3, -0.25) is 9.59 Å². The van der Waals surface area contributed by atoms with E-state index in [0.717, 1.165) is 5.56 Å². The van der Waals surface area contributed by atoms with Crippen LogP contribution in [0.3, 0.4) is 0 Å². The molecule has 0 aliphatic heterocycles. The molecule has 32 heavy (non-hydrogen) atoms. The standard InChI is InChI=1S/C25H24ClNO5/c1-3-31-22-14-4-17(16-23(22)30-2)5-15-24(28)32-21-12-6-18(7-13-21)25(29)27-20-10-8-19(26)9-11-20/h4,6-14,16H,3,5,15H2,1-2H3,(H,27,29). The Balaban J connectivity index is 1.52. The SMILES string of the molecule is CCOc1ccc(CCC(=O)Oc2ccc(C(=O)Nc3ccc(Cl)cc3)cc2)cc1OC.